The number of imidazole rings is 1. The highest BCUT2D eigenvalue weighted by atomic mass is 19.1. The van der Waals surface area contributed by atoms with Crippen molar-refractivity contribution in [3.63, 3.8) is 0 Å². The van der Waals surface area contributed by atoms with Gasteiger partial charge in [-0.05, 0) is 6.07 Å². The quantitative estimate of drug-likeness (QED) is 0.777. The molecule has 2 rings (SSSR count). The fraction of sp³-hybridized carbons (Fsp3) is 0.222. The van der Waals surface area contributed by atoms with Gasteiger partial charge in [0.1, 0.15) is 12.3 Å². The standard InChI is InChI=1S/C9H10FN3/c10-2-3-11-8-1-5-13-6-4-12-9(13)7-8/h1,4-7,11H,2-3H2. The molecular weight excluding hydrogens is 169 g/mol. The number of hydrogen-bond acceptors (Lipinski definition) is 2. The molecule has 13 heavy (non-hydrogen) atoms. The molecule has 2 heterocycles. The second-order valence-electron chi connectivity index (χ2n) is 2.72. The van der Waals surface area contributed by atoms with Crippen LogP contribution in [0.25, 0.3) is 5.65 Å². The number of rotatable bonds is 3. The van der Waals surface area contributed by atoms with E-state index in [1.54, 1.807) is 6.20 Å². The molecule has 0 aliphatic carbocycles. The Balaban J connectivity index is 2.26. The minimum atomic E-state index is -0.361. The van der Waals surface area contributed by atoms with E-state index in [9.17, 15) is 4.39 Å². The molecule has 68 valence electrons. The van der Waals surface area contributed by atoms with Crippen LogP contribution < -0.4 is 5.32 Å². The highest BCUT2D eigenvalue weighted by Crippen LogP contribution is 2.09. The number of halogens is 1. The summed E-state index contributed by atoms with van der Waals surface area (Å²) in [5, 5.41) is 2.95. The zero-order chi connectivity index (χ0) is 9.10. The molecule has 0 unspecified atom stereocenters. The van der Waals surface area contributed by atoms with Crippen molar-refractivity contribution in [1.82, 2.24) is 9.38 Å². The van der Waals surface area contributed by atoms with Gasteiger partial charge in [0.15, 0.2) is 0 Å². The van der Waals surface area contributed by atoms with Crippen LogP contribution in [0.2, 0.25) is 0 Å². The van der Waals surface area contributed by atoms with E-state index >= 15 is 0 Å². The van der Waals surface area contributed by atoms with Gasteiger partial charge in [-0.2, -0.15) is 0 Å². The zero-order valence-electron chi connectivity index (χ0n) is 7.07. The van der Waals surface area contributed by atoms with Gasteiger partial charge in [0.05, 0.1) is 0 Å². The average molecular weight is 179 g/mol. The van der Waals surface area contributed by atoms with Crippen molar-refractivity contribution in [2.45, 2.75) is 0 Å². The van der Waals surface area contributed by atoms with E-state index in [0.29, 0.717) is 6.54 Å². The molecule has 0 saturated carbocycles. The molecule has 3 nitrogen and oxygen atoms in total. The Kier molecular flexibility index (Phi) is 2.12. The van der Waals surface area contributed by atoms with E-state index in [1.165, 1.54) is 0 Å². The van der Waals surface area contributed by atoms with Crippen LogP contribution in [0.15, 0.2) is 30.7 Å². The first-order chi connectivity index (χ1) is 6.40. The van der Waals surface area contributed by atoms with Crippen molar-refractivity contribution in [3.05, 3.63) is 30.7 Å². The van der Waals surface area contributed by atoms with Gasteiger partial charge in [0, 0.05) is 36.9 Å². The third-order valence-electron chi connectivity index (χ3n) is 1.82. The highest BCUT2D eigenvalue weighted by Gasteiger charge is 1.95. The average Bonchev–Trinajstić information content (AvgIpc) is 2.61. The van der Waals surface area contributed by atoms with Crippen molar-refractivity contribution in [2.24, 2.45) is 0 Å². The van der Waals surface area contributed by atoms with Crippen LogP contribution in [0.3, 0.4) is 0 Å². The molecule has 0 atom stereocenters. The van der Waals surface area contributed by atoms with Crippen LogP contribution in [0.1, 0.15) is 0 Å². The summed E-state index contributed by atoms with van der Waals surface area (Å²) in [5.74, 6) is 0. The van der Waals surface area contributed by atoms with E-state index < -0.39 is 0 Å². The molecule has 0 bridgehead atoms. The topological polar surface area (TPSA) is 29.3 Å². The van der Waals surface area contributed by atoms with E-state index in [-0.39, 0.29) is 6.67 Å². The second kappa shape index (κ2) is 3.43. The summed E-state index contributed by atoms with van der Waals surface area (Å²) in [6.45, 7) is -0.0174. The lowest BCUT2D eigenvalue weighted by Gasteiger charge is -2.03. The summed E-state index contributed by atoms with van der Waals surface area (Å²) in [5.41, 5.74) is 1.76. The van der Waals surface area contributed by atoms with Crippen LogP contribution in [-0.4, -0.2) is 22.6 Å². The summed E-state index contributed by atoms with van der Waals surface area (Å²) in [6.07, 6.45) is 5.49. The fourth-order valence-corrected chi connectivity index (χ4v) is 1.21. The van der Waals surface area contributed by atoms with E-state index in [0.717, 1.165) is 11.3 Å². The molecule has 4 heteroatoms. The van der Waals surface area contributed by atoms with Gasteiger partial charge in [0.25, 0.3) is 0 Å². The lowest BCUT2D eigenvalue weighted by atomic mass is 10.4. The fourth-order valence-electron chi connectivity index (χ4n) is 1.21. The number of alkyl halides is 1. The molecule has 0 spiro atoms. The van der Waals surface area contributed by atoms with E-state index in [2.05, 4.69) is 10.3 Å². The first kappa shape index (κ1) is 8.04. The van der Waals surface area contributed by atoms with Crippen LogP contribution in [-0.2, 0) is 0 Å². The largest absolute Gasteiger partial charge is 0.382 e. The summed E-state index contributed by atoms with van der Waals surface area (Å²) >= 11 is 0. The summed E-state index contributed by atoms with van der Waals surface area (Å²) in [6, 6.07) is 3.78. The van der Waals surface area contributed by atoms with Crippen molar-refractivity contribution in [1.29, 1.82) is 0 Å². The Morgan fingerprint density at radius 1 is 1.46 bits per heavy atom. The van der Waals surface area contributed by atoms with Crippen LogP contribution in [0.5, 0.6) is 0 Å². The molecule has 0 aliphatic rings. The molecule has 2 aromatic heterocycles. The van der Waals surface area contributed by atoms with Crippen molar-refractivity contribution in [2.75, 3.05) is 18.5 Å². The number of nitrogens with one attached hydrogen (secondary N) is 1. The maximum Gasteiger partial charge on any atom is 0.138 e. The first-order valence-electron chi connectivity index (χ1n) is 4.13. The van der Waals surface area contributed by atoms with Gasteiger partial charge in [-0.3, -0.25) is 0 Å². The molecule has 0 radical (unpaired) electrons. The number of hydrogen-bond donors (Lipinski definition) is 1. The van der Waals surface area contributed by atoms with Crippen LogP contribution in [0, 0.1) is 0 Å². The van der Waals surface area contributed by atoms with Crippen molar-refractivity contribution in [3.8, 4) is 0 Å². The third kappa shape index (κ3) is 1.61. The summed E-state index contributed by atoms with van der Waals surface area (Å²) in [7, 11) is 0. The minimum Gasteiger partial charge on any atom is -0.382 e. The molecule has 2 aromatic rings. The van der Waals surface area contributed by atoms with Crippen LogP contribution in [0.4, 0.5) is 10.1 Å². The predicted octanol–water partition coefficient (Wildman–Crippen LogP) is 1.72. The number of fused-ring (bicyclic) bond motifs is 1. The normalized spacial score (nSPS) is 10.5. The highest BCUT2D eigenvalue weighted by molar-refractivity contribution is 5.54. The van der Waals surface area contributed by atoms with Gasteiger partial charge in [0.2, 0.25) is 0 Å². The van der Waals surface area contributed by atoms with Gasteiger partial charge < -0.3 is 9.72 Å². The number of pyridine rings is 1. The third-order valence-corrected chi connectivity index (χ3v) is 1.82. The SMILES string of the molecule is FCCNc1ccn2ccnc2c1. The Morgan fingerprint density at radius 2 is 2.38 bits per heavy atom. The van der Waals surface area contributed by atoms with Gasteiger partial charge in [-0.25, -0.2) is 9.37 Å². The molecular formula is C9H10FN3. The lowest BCUT2D eigenvalue weighted by molar-refractivity contribution is 0.513. The summed E-state index contributed by atoms with van der Waals surface area (Å²) in [4.78, 5) is 4.12. The smallest absolute Gasteiger partial charge is 0.138 e. The summed E-state index contributed by atoms with van der Waals surface area (Å²) < 4.78 is 13.8. The molecule has 0 aromatic carbocycles. The second-order valence-corrected chi connectivity index (χ2v) is 2.72. The molecule has 0 fully saturated rings. The maximum absolute atomic E-state index is 11.8. The van der Waals surface area contributed by atoms with Gasteiger partial charge in [-0.1, -0.05) is 0 Å². The van der Waals surface area contributed by atoms with Crippen molar-refractivity contribution < 1.29 is 4.39 Å². The minimum absolute atomic E-state index is 0.344. The molecule has 0 saturated heterocycles. The van der Waals surface area contributed by atoms with E-state index in [4.69, 9.17) is 0 Å². The van der Waals surface area contributed by atoms with E-state index in [1.807, 2.05) is 28.9 Å². The van der Waals surface area contributed by atoms with Gasteiger partial charge in [-0.15, -0.1) is 0 Å². The number of aromatic nitrogens is 2. The molecule has 0 amide bonds. The first-order valence-corrected chi connectivity index (χ1v) is 4.13. The number of anilines is 1. The maximum atomic E-state index is 11.8. The predicted molar refractivity (Wildman–Crippen MR) is 49.7 cm³/mol. The number of nitrogens with zero attached hydrogens (tertiary/aromatic N) is 2. The molecule has 1 N–H and O–H groups in total. The molecule has 0 aliphatic heterocycles. The Hall–Kier alpha value is -1.58. The monoisotopic (exact) mass is 179 g/mol. The van der Waals surface area contributed by atoms with Crippen molar-refractivity contribution >= 4 is 11.3 Å². The Bertz CT molecular complexity index is 396. The Morgan fingerprint density at radius 3 is 3.23 bits per heavy atom. The zero-order valence-corrected chi connectivity index (χ0v) is 7.07. The van der Waals surface area contributed by atoms with Crippen LogP contribution >= 0.6 is 0 Å². The van der Waals surface area contributed by atoms with Gasteiger partial charge >= 0.3 is 0 Å². The Labute approximate surface area is 75.2 Å². The lowest BCUT2D eigenvalue weighted by Crippen LogP contribution is -2.02.